The van der Waals surface area contributed by atoms with Gasteiger partial charge in [-0.05, 0) is 12.1 Å². The summed E-state index contributed by atoms with van der Waals surface area (Å²) in [5.41, 5.74) is 6.13. The quantitative estimate of drug-likeness (QED) is 0.750. The first-order valence-corrected chi connectivity index (χ1v) is 5.80. The Bertz CT molecular complexity index is 386. The highest BCUT2D eigenvalue weighted by Gasteiger charge is 2.21. The van der Waals surface area contributed by atoms with Gasteiger partial charge in [-0.1, -0.05) is 15.9 Å². The number of halogens is 1. The number of hydrogen-bond acceptors (Lipinski definition) is 5. The molecule has 0 saturated carbocycles. The van der Waals surface area contributed by atoms with Crippen molar-refractivity contribution in [2.75, 3.05) is 20.8 Å². The zero-order valence-electron chi connectivity index (χ0n) is 9.68. The van der Waals surface area contributed by atoms with E-state index in [0.717, 1.165) is 0 Å². The van der Waals surface area contributed by atoms with E-state index in [1.807, 2.05) is 0 Å². The molecule has 0 fully saturated rings. The van der Waals surface area contributed by atoms with Gasteiger partial charge in [-0.25, -0.2) is 0 Å². The van der Waals surface area contributed by atoms with E-state index >= 15 is 0 Å². The summed E-state index contributed by atoms with van der Waals surface area (Å²) in [6.07, 6.45) is -0.978. The number of nitrogens with two attached hydrogens (primary N) is 1. The molecule has 0 saturated heterocycles. The Morgan fingerprint density at radius 3 is 2.29 bits per heavy atom. The number of aliphatic hydroxyl groups is 2. The van der Waals surface area contributed by atoms with Crippen LogP contribution in [0.1, 0.15) is 11.7 Å². The molecule has 0 bridgehead atoms. The number of rotatable bonds is 5. The Kier molecular flexibility index (Phi) is 5.20. The number of benzene rings is 1. The van der Waals surface area contributed by atoms with Crippen molar-refractivity contribution in [1.82, 2.24) is 0 Å². The smallest absolute Gasteiger partial charge is 0.161 e. The van der Waals surface area contributed by atoms with Crippen molar-refractivity contribution >= 4 is 15.9 Å². The summed E-state index contributed by atoms with van der Waals surface area (Å²) < 4.78 is 10.9. The van der Waals surface area contributed by atoms with Crippen molar-refractivity contribution in [2.45, 2.75) is 12.1 Å². The van der Waals surface area contributed by atoms with Crippen LogP contribution in [0.5, 0.6) is 11.5 Å². The van der Waals surface area contributed by atoms with Crippen LogP contribution in [0, 0.1) is 0 Å². The molecule has 17 heavy (non-hydrogen) atoms. The fourth-order valence-corrected chi connectivity index (χ4v) is 1.98. The Morgan fingerprint density at radius 1 is 1.29 bits per heavy atom. The zero-order chi connectivity index (χ0) is 13.0. The first kappa shape index (κ1) is 14.2. The standard InChI is InChI=1S/C11H16BrNO4/c1-16-9-3-6(11(15)8(13)5-14)7(12)4-10(9)17-2/h3-4,8,11,14-15H,5,13H2,1-2H3. The van der Waals surface area contributed by atoms with Gasteiger partial charge in [-0.3, -0.25) is 0 Å². The van der Waals surface area contributed by atoms with E-state index < -0.39 is 12.1 Å². The second kappa shape index (κ2) is 6.20. The molecular formula is C11H16BrNO4. The number of aliphatic hydroxyl groups excluding tert-OH is 2. The second-order valence-corrected chi connectivity index (χ2v) is 4.37. The molecule has 4 N–H and O–H groups in total. The first-order chi connectivity index (χ1) is 8.04. The average Bonchev–Trinajstić information content (AvgIpc) is 2.36. The van der Waals surface area contributed by atoms with Crippen molar-refractivity contribution in [1.29, 1.82) is 0 Å². The molecule has 0 spiro atoms. The molecular weight excluding hydrogens is 290 g/mol. The van der Waals surface area contributed by atoms with E-state index in [2.05, 4.69) is 15.9 Å². The normalized spacial score (nSPS) is 14.2. The van der Waals surface area contributed by atoms with Gasteiger partial charge < -0.3 is 25.4 Å². The lowest BCUT2D eigenvalue weighted by atomic mass is 10.0. The minimum absolute atomic E-state index is 0.304. The molecule has 0 amide bonds. The number of hydrogen-bond donors (Lipinski definition) is 3. The summed E-state index contributed by atoms with van der Waals surface area (Å²) in [7, 11) is 3.04. The van der Waals surface area contributed by atoms with Crippen LogP contribution in [0.25, 0.3) is 0 Å². The molecule has 2 atom stereocenters. The molecule has 1 aromatic carbocycles. The predicted molar refractivity (Wildman–Crippen MR) is 67.3 cm³/mol. The molecule has 0 aromatic heterocycles. The molecule has 5 nitrogen and oxygen atoms in total. The minimum atomic E-state index is -0.978. The van der Waals surface area contributed by atoms with Crippen LogP contribution in [0.2, 0.25) is 0 Å². The third-order valence-electron chi connectivity index (χ3n) is 2.44. The summed E-state index contributed by atoms with van der Waals surface area (Å²) in [4.78, 5) is 0. The van der Waals surface area contributed by atoms with Gasteiger partial charge in [-0.2, -0.15) is 0 Å². The van der Waals surface area contributed by atoms with E-state index in [-0.39, 0.29) is 6.61 Å². The third-order valence-corrected chi connectivity index (χ3v) is 3.12. The monoisotopic (exact) mass is 305 g/mol. The molecule has 1 rings (SSSR count). The van der Waals surface area contributed by atoms with E-state index in [9.17, 15) is 5.11 Å². The molecule has 0 aliphatic heterocycles. The van der Waals surface area contributed by atoms with Gasteiger partial charge >= 0.3 is 0 Å². The molecule has 0 heterocycles. The second-order valence-electron chi connectivity index (χ2n) is 3.52. The Labute approximate surface area is 108 Å². The lowest BCUT2D eigenvalue weighted by Crippen LogP contribution is -2.32. The topological polar surface area (TPSA) is 84.9 Å². The predicted octanol–water partition coefficient (Wildman–Crippen LogP) is 0.819. The average molecular weight is 306 g/mol. The van der Waals surface area contributed by atoms with Gasteiger partial charge in [0, 0.05) is 10.0 Å². The third kappa shape index (κ3) is 3.10. The van der Waals surface area contributed by atoms with Crippen molar-refractivity contribution in [3.8, 4) is 11.5 Å². The van der Waals surface area contributed by atoms with Crippen LogP contribution in [0.4, 0.5) is 0 Å². The highest BCUT2D eigenvalue weighted by molar-refractivity contribution is 9.10. The highest BCUT2D eigenvalue weighted by atomic mass is 79.9. The van der Waals surface area contributed by atoms with Gasteiger partial charge in [0.2, 0.25) is 0 Å². The van der Waals surface area contributed by atoms with E-state index in [1.54, 1.807) is 12.1 Å². The van der Waals surface area contributed by atoms with Gasteiger partial charge in [0.1, 0.15) is 0 Å². The van der Waals surface area contributed by atoms with Crippen LogP contribution >= 0.6 is 15.9 Å². The molecule has 1 aromatic rings. The van der Waals surface area contributed by atoms with Crippen molar-refractivity contribution in [2.24, 2.45) is 5.73 Å². The van der Waals surface area contributed by atoms with E-state index in [1.165, 1.54) is 14.2 Å². The maximum Gasteiger partial charge on any atom is 0.161 e. The SMILES string of the molecule is COc1cc(Br)c(C(O)C(N)CO)cc1OC. The molecule has 2 unspecified atom stereocenters. The van der Waals surface area contributed by atoms with Gasteiger partial charge in [0.15, 0.2) is 11.5 Å². The molecule has 0 radical (unpaired) electrons. The summed E-state index contributed by atoms with van der Waals surface area (Å²) in [5.74, 6) is 1.04. The lowest BCUT2D eigenvalue weighted by molar-refractivity contribution is 0.108. The van der Waals surface area contributed by atoms with Crippen LogP contribution < -0.4 is 15.2 Å². The van der Waals surface area contributed by atoms with Crippen molar-refractivity contribution in [3.63, 3.8) is 0 Å². The largest absolute Gasteiger partial charge is 0.493 e. The Hall–Kier alpha value is -0.820. The fourth-order valence-electron chi connectivity index (χ4n) is 1.43. The molecule has 0 aliphatic rings. The molecule has 6 heteroatoms. The lowest BCUT2D eigenvalue weighted by Gasteiger charge is -2.20. The van der Waals surface area contributed by atoms with E-state index in [4.69, 9.17) is 20.3 Å². The minimum Gasteiger partial charge on any atom is -0.493 e. The zero-order valence-corrected chi connectivity index (χ0v) is 11.3. The van der Waals surface area contributed by atoms with Gasteiger partial charge in [-0.15, -0.1) is 0 Å². The van der Waals surface area contributed by atoms with Crippen LogP contribution in [0.3, 0.4) is 0 Å². The van der Waals surface area contributed by atoms with Crippen LogP contribution in [-0.4, -0.2) is 37.1 Å². The molecule has 96 valence electrons. The maximum atomic E-state index is 9.94. The number of ether oxygens (including phenoxy) is 2. The maximum absolute atomic E-state index is 9.94. The van der Waals surface area contributed by atoms with Gasteiger partial charge in [0.25, 0.3) is 0 Å². The molecule has 0 aliphatic carbocycles. The fraction of sp³-hybridized carbons (Fsp3) is 0.455. The number of methoxy groups -OCH3 is 2. The summed E-state index contributed by atoms with van der Waals surface area (Å²) in [5, 5.41) is 18.9. The first-order valence-electron chi connectivity index (χ1n) is 5.01. The summed E-state index contributed by atoms with van der Waals surface area (Å²) in [6.45, 7) is -0.304. The van der Waals surface area contributed by atoms with Crippen LogP contribution in [-0.2, 0) is 0 Å². The van der Waals surface area contributed by atoms with Gasteiger partial charge in [0.05, 0.1) is 33.0 Å². The Balaban J connectivity index is 3.16. The van der Waals surface area contributed by atoms with Crippen LogP contribution in [0.15, 0.2) is 16.6 Å². The Morgan fingerprint density at radius 2 is 1.82 bits per heavy atom. The van der Waals surface area contributed by atoms with E-state index in [0.29, 0.717) is 21.5 Å². The van der Waals surface area contributed by atoms with Crippen molar-refractivity contribution in [3.05, 3.63) is 22.2 Å². The summed E-state index contributed by atoms with van der Waals surface area (Å²) in [6, 6.07) is 2.56. The summed E-state index contributed by atoms with van der Waals surface area (Å²) >= 11 is 3.32. The van der Waals surface area contributed by atoms with Crippen molar-refractivity contribution < 1.29 is 19.7 Å². The highest BCUT2D eigenvalue weighted by Crippen LogP contribution is 2.36.